The van der Waals surface area contributed by atoms with Crippen molar-refractivity contribution in [2.24, 2.45) is 5.92 Å². The number of hydrogen-bond donors (Lipinski definition) is 3. The molecule has 1 heterocycles. The number of carbonyl (C=O) groups excluding carboxylic acids is 2. The predicted octanol–water partition coefficient (Wildman–Crippen LogP) is 6.39. The Kier molecular flexibility index (Phi) is 6.38. The Bertz CT molecular complexity index is 1290. The molecule has 0 radical (unpaired) electrons. The number of nitrogens with zero attached hydrogens (tertiary/aromatic N) is 1. The van der Waals surface area contributed by atoms with Gasteiger partial charge in [-0.3, -0.25) is 9.59 Å². The molecule has 1 aliphatic rings. The van der Waals surface area contributed by atoms with Crippen molar-refractivity contribution in [3.8, 4) is 11.4 Å². The summed E-state index contributed by atoms with van der Waals surface area (Å²) in [5.74, 6) is 0.835. The molecule has 0 saturated heterocycles. The van der Waals surface area contributed by atoms with E-state index < -0.39 is 0 Å². The van der Waals surface area contributed by atoms with Crippen molar-refractivity contribution in [3.63, 3.8) is 0 Å². The third-order valence-electron chi connectivity index (χ3n) is 6.43. The van der Waals surface area contributed by atoms with Crippen LogP contribution in [0.1, 0.15) is 48.9 Å². The summed E-state index contributed by atoms with van der Waals surface area (Å²) < 4.78 is 0. The maximum absolute atomic E-state index is 12.6. The number of nitrogens with one attached hydrogen (secondary N) is 3. The van der Waals surface area contributed by atoms with Crippen LogP contribution >= 0.6 is 0 Å². The Balaban J connectivity index is 1.27. The fourth-order valence-electron chi connectivity index (χ4n) is 4.51. The Morgan fingerprint density at radius 1 is 0.794 bits per heavy atom. The van der Waals surface area contributed by atoms with Gasteiger partial charge in [-0.25, -0.2) is 4.98 Å². The molecular weight excluding hydrogens is 424 g/mol. The van der Waals surface area contributed by atoms with Crippen LogP contribution in [-0.4, -0.2) is 21.8 Å². The van der Waals surface area contributed by atoms with Crippen LogP contribution in [0.2, 0.25) is 0 Å². The normalized spacial score (nSPS) is 14.5. The molecule has 0 unspecified atom stereocenters. The van der Waals surface area contributed by atoms with E-state index in [1.807, 2.05) is 60.7 Å². The molecule has 0 bridgehead atoms. The number of fused-ring (bicyclic) bond motifs is 1. The number of amides is 2. The van der Waals surface area contributed by atoms with Crippen LogP contribution in [0.15, 0.2) is 72.8 Å². The highest BCUT2D eigenvalue weighted by Crippen LogP contribution is 2.26. The Labute approximate surface area is 198 Å². The highest BCUT2D eigenvalue weighted by Gasteiger charge is 2.20. The first kappa shape index (κ1) is 21.9. The lowest BCUT2D eigenvalue weighted by Gasteiger charge is -2.14. The van der Waals surface area contributed by atoms with E-state index in [-0.39, 0.29) is 17.7 Å². The van der Waals surface area contributed by atoms with Crippen molar-refractivity contribution in [1.82, 2.24) is 9.97 Å². The average Bonchev–Trinajstić information content (AvgIpc) is 3.09. The van der Waals surface area contributed by atoms with Gasteiger partial charge >= 0.3 is 0 Å². The molecular formula is C28H28N4O2. The van der Waals surface area contributed by atoms with E-state index in [1.165, 1.54) is 12.8 Å². The minimum Gasteiger partial charge on any atom is -0.338 e. The lowest BCUT2D eigenvalue weighted by Crippen LogP contribution is -2.22. The van der Waals surface area contributed by atoms with E-state index in [0.29, 0.717) is 11.3 Å². The number of imidazole rings is 1. The minimum absolute atomic E-state index is 0.120. The highest BCUT2D eigenvalue weighted by atomic mass is 16.2. The number of H-pyrrole nitrogens is 1. The highest BCUT2D eigenvalue weighted by molar-refractivity contribution is 6.05. The molecule has 34 heavy (non-hydrogen) atoms. The van der Waals surface area contributed by atoms with Crippen molar-refractivity contribution in [3.05, 3.63) is 78.4 Å². The van der Waals surface area contributed by atoms with Gasteiger partial charge in [0.2, 0.25) is 5.91 Å². The second-order valence-corrected chi connectivity index (χ2v) is 8.89. The fraction of sp³-hybridized carbons (Fsp3) is 0.250. The number of benzene rings is 3. The second-order valence-electron chi connectivity index (χ2n) is 8.89. The van der Waals surface area contributed by atoms with E-state index in [4.69, 9.17) is 0 Å². The average molecular weight is 453 g/mol. The van der Waals surface area contributed by atoms with Crippen molar-refractivity contribution >= 4 is 34.2 Å². The van der Waals surface area contributed by atoms with E-state index in [2.05, 4.69) is 20.6 Å². The van der Waals surface area contributed by atoms with Gasteiger partial charge in [0.1, 0.15) is 5.82 Å². The third kappa shape index (κ3) is 5.01. The topological polar surface area (TPSA) is 86.9 Å². The van der Waals surface area contributed by atoms with Gasteiger partial charge in [-0.05, 0) is 67.4 Å². The quantitative estimate of drug-likeness (QED) is 0.307. The molecule has 0 spiro atoms. The molecule has 0 aliphatic heterocycles. The number of hydrogen-bond acceptors (Lipinski definition) is 3. The first-order valence-corrected chi connectivity index (χ1v) is 11.9. The molecule has 0 atom stereocenters. The Morgan fingerprint density at radius 2 is 1.50 bits per heavy atom. The summed E-state index contributed by atoms with van der Waals surface area (Å²) in [6.07, 6.45) is 6.71. The molecule has 6 nitrogen and oxygen atoms in total. The summed E-state index contributed by atoms with van der Waals surface area (Å²) in [7, 11) is 0. The van der Waals surface area contributed by atoms with Crippen LogP contribution in [0.4, 0.5) is 11.4 Å². The molecule has 4 aromatic rings. The Morgan fingerprint density at radius 3 is 2.24 bits per heavy atom. The van der Waals surface area contributed by atoms with Crippen molar-refractivity contribution in [2.45, 2.75) is 38.5 Å². The number of carbonyl (C=O) groups is 2. The predicted molar refractivity (Wildman–Crippen MR) is 136 cm³/mol. The molecule has 1 aliphatic carbocycles. The van der Waals surface area contributed by atoms with Gasteiger partial charge in [0.05, 0.1) is 11.0 Å². The van der Waals surface area contributed by atoms with Crippen LogP contribution in [0, 0.1) is 5.92 Å². The van der Waals surface area contributed by atoms with Crippen LogP contribution in [-0.2, 0) is 4.79 Å². The molecule has 1 saturated carbocycles. The van der Waals surface area contributed by atoms with Gasteiger partial charge in [0.15, 0.2) is 0 Å². The van der Waals surface area contributed by atoms with E-state index >= 15 is 0 Å². The summed E-state index contributed by atoms with van der Waals surface area (Å²) in [5.41, 5.74) is 4.70. The molecule has 2 amide bonds. The smallest absolute Gasteiger partial charge is 0.255 e. The minimum atomic E-state index is -0.152. The maximum atomic E-state index is 12.6. The number of anilines is 2. The fourth-order valence-corrected chi connectivity index (χ4v) is 4.51. The van der Waals surface area contributed by atoms with E-state index in [9.17, 15) is 9.59 Å². The van der Waals surface area contributed by atoms with Gasteiger partial charge in [0, 0.05) is 28.4 Å². The molecule has 172 valence electrons. The first-order chi connectivity index (χ1) is 16.7. The van der Waals surface area contributed by atoms with E-state index in [1.54, 1.807) is 12.1 Å². The summed E-state index contributed by atoms with van der Waals surface area (Å²) in [6.45, 7) is 0. The van der Waals surface area contributed by atoms with E-state index in [0.717, 1.165) is 53.8 Å². The zero-order chi connectivity index (χ0) is 23.3. The monoisotopic (exact) mass is 452 g/mol. The molecule has 6 heteroatoms. The molecule has 3 aromatic carbocycles. The second kappa shape index (κ2) is 9.91. The van der Waals surface area contributed by atoms with Crippen LogP contribution in [0.3, 0.4) is 0 Å². The maximum Gasteiger partial charge on any atom is 0.255 e. The van der Waals surface area contributed by atoms with Gasteiger partial charge in [-0.1, -0.05) is 43.9 Å². The zero-order valence-electron chi connectivity index (χ0n) is 19.0. The number of rotatable bonds is 5. The molecule has 1 aromatic heterocycles. The van der Waals surface area contributed by atoms with Crippen molar-refractivity contribution < 1.29 is 9.59 Å². The van der Waals surface area contributed by atoms with Gasteiger partial charge in [0.25, 0.3) is 5.91 Å². The molecule has 5 rings (SSSR count). The molecule has 1 fully saturated rings. The van der Waals surface area contributed by atoms with Crippen LogP contribution in [0.5, 0.6) is 0 Å². The number of aromatic nitrogens is 2. The van der Waals surface area contributed by atoms with Crippen molar-refractivity contribution in [1.29, 1.82) is 0 Å². The lowest BCUT2D eigenvalue weighted by atomic mass is 9.99. The standard InChI is InChI=1S/C28H28N4O2/c33-27(20-8-4-1-2-5-9-20)29-22-14-12-19(13-15-22)26-31-24-17-16-23(18-25(24)32-26)30-28(34)21-10-6-3-7-11-21/h3,6-7,10-18,20H,1-2,4-5,8-9H2,(H,29,33)(H,30,34)(H,31,32). The Hall–Kier alpha value is -3.93. The zero-order valence-corrected chi connectivity index (χ0v) is 19.0. The summed E-state index contributed by atoms with van der Waals surface area (Å²) in [5, 5.41) is 6.00. The van der Waals surface area contributed by atoms with Crippen LogP contribution in [0.25, 0.3) is 22.4 Å². The van der Waals surface area contributed by atoms with Gasteiger partial charge < -0.3 is 15.6 Å². The third-order valence-corrected chi connectivity index (χ3v) is 6.43. The van der Waals surface area contributed by atoms with Crippen LogP contribution < -0.4 is 10.6 Å². The van der Waals surface area contributed by atoms with Gasteiger partial charge in [-0.15, -0.1) is 0 Å². The SMILES string of the molecule is O=C(Nc1ccc2nc(-c3ccc(NC(=O)C4CCCCCC4)cc3)[nH]c2c1)c1ccccc1. The summed E-state index contributed by atoms with van der Waals surface area (Å²) >= 11 is 0. The first-order valence-electron chi connectivity index (χ1n) is 11.9. The van der Waals surface area contributed by atoms with Crippen molar-refractivity contribution in [2.75, 3.05) is 10.6 Å². The summed E-state index contributed by atoms with van der Waals surface area (Å²) in [6, 6.07) is 22.5. The largest absolute Gasteiger partial charge is 0.338 e. The summed E-state index contributed by atoms with van der Waals surface area (Å²) in [4.78, 5) is 33.1. The van der Waals surface area contributed by atoms with Gasteiger partial charge in [-0.2, -0.15) is 0 Å². The molecule has 3 N–H and O–H groups in total. The lowest BCUT2D eigenvalue weighted by molar-refractivity contribution is -0.120. The number of aromatic amines is 1.